The van der Waals surface area contributed by atoms with Gasteiger partial charge in [-0.15, -0.1) is 0 Å². The van der Waals surface area contributed by atoms with Crippen LogP contribution in [0.4, 0.5) is 0 Å². The zero-order chi connectivity index (χ0) is 25.8. The van der Waals surface area contributed by atoms with E-state index >= 15 is 0 Å². The van der Waals surface area contributed by atoms with E-state index in [-0.39, 0.29) is 24.6 Å². The Bertz CT molecular complexity index is 1440. The van der Waals surface area contributed by atoms with Crippen molar-refractivity contribution in [3.63, 3.8) is 0 Å². The van der Waals surface area contributed by atoms with E-state index in [0.29, 0.717) is 33.7 Å². The molecule has 0 radical (unpaired) electrons. The van der Waals surface area contributed by atoms with Gasteiger partial charge in [-0.05, 0) is 57.0 Å². The second kappa shape index (κ2) is 10.7. The number of carbonyl (C=O) groups is 1. The maximum absolute atomic E-state index is 13.5. The van der Waals surface area contributed by atoms with Crippen LogP contribution in [0.2, 0.25) is 5.02 Å². The van der Waals surface area contributed by atoms with Crippen LogP contribution in [0.1, 0.15) is 32.8 Å². The molecule has 1 heterocycles. The average molecular weight is 518 g/mol. The van der Waals surface area contributed by atoms with Crippen LogP contribution < -0.4 is 10.9 Å². The van der Waals surface area contributed by atoms with Crippen molar-refractivity contribution in [3.8, 4) is 11.4 Å². The quantitative estimate of drug-likeness (QED) is 0.357. The molecule has 0 unspecified atom stereocenters. The molecule has 8 nitrogen and oxygen atoms in total. The summed E-state index contributed by atoms with van der Waals surface area (Å²) in [6.45, 7) is 5.42. The molecule has 0 saturated carbocycles. The second-order valence-electron chi connectivity index (χ2n) is 9.13. The van der Waals surface area contributed by atoms with Crippen LogP contribution in [0, 0.1) is 0 Å². The molecule has 3 aromatic rings. The zero-order valence-electron chi connectivity index (χ0n) is 20.0. The largest absolute Gasteiger partial charge is 0.350 e. The molecule has 1 aromatic heterocycles. The predicted octanol–water partition coefficient (Wildman–Crippen LogP) is 4.01. The summed E-state index contributed by atoms with van der Waals surface area (Å²) >= 11 is 6.17. The molecule has 1 amide bonds. The first kappa shape index (κ1) is 26.6. The van der Waals surface area contributed by atoms with Gasteiger partial charge in [-0.25, -0.2) is 4.98 Å². The molecule has 0 fully saturated rings. The third-order valence-electron chi connectivity index (χ3n) is 4.77. The molecular weight excluding hydrogens is 490 g/mol. The first-order valence-electron chi connectivity index (χ1n) is 10.9. The fourth-order valence-corrected chi connectivity index (χ4v) is 4.01. The summed E-state index contributed by atoms with van der Waals surface area (Å²) in [5.74, 6) is 0.0289. The molecule has 2 aromatic carbocycles. The van der Waals surface area contributed by atoms with E-state index in [1.165, 1.54) is 4.57 Å². The number of carbonyl (C=O) groups excluding carboxylic acids is 1. The summed E-state index contributed by atoms with van der Waals surface area (Å²) in [5, 5.41) is 3.72. The SMILES string of the molecule is CC(C)(C)NC(=O)Cn1c(-c2cccc(Cl)c2)nc2ccc(/C=C/CCOS(C)(=O)=O)cc2c1=O. The van der Waals surface area contributed by atoms with Crippen LogP contribution in [0.25, 0.3) is 28.4 Å². The number of nitrogens with zero attached hydrogens (tertiary/aromatic N) is 2. The molecule has 0 spiro atoms. The Labute approximate surface area is 209 Å². The molecule has 0 atom stereocenters. The number of fused-ring (bicyclic) bond motifs is 1. The van der Waals surface area contributed by atoms with Crippen LogP contribution in [-0.4, -0.2) is 42.3 Å². The van der Waals surface area contributed by atoms with Crippen molar-refractivity contribution in [2.24, 2.45) is 0 Å². The molecule has 0 aliphatic rings. The fraction of sp³-hybridized carbons (Fsp3) is 0.320. The average Bonchev–Trinajstić information content (AvgIpc) is 2.73. The van der Waals surface area contributed by atoms with Crippen molar-refractivity contribution >= 4 is 44.6 Å². The van der Waals surface area contributed by atoms with Crippen LogP contribution >= 0.6 is 11.6 Å². The Balaban J connectivity index is 2.02. The fourth-order valence-electron chi connectivity index (χ4n) is 3.43. The Morgan fingerprint density at radius 3 is 2.60 bits per heavy atom. The Morgan fingerprint density at radius 2 is 1.94 bits per heavy atom. The number of aromatic nitrogens is 2. The Kier molecular flexibility index (Phi) is 8.15. The van der Waals surface area contributed by atoms with Gasteiger partial charge < -0.3 is 5.32 Å². The van der Waals surface area contributed by atoms with E-state index in [1.807, 2.05) is 20.8 Å². The third kappa shape index (κ3) is 7.74. The van der Waals surface area contributed by atoms with Crippen molar-refractivity contribution in [1.29, 1.82) is 0 Å². The van der Waals surface area contributed by atoms with Gasteiger partial charge in [0.05, 0.1) is 23.8 Å². The minimum atomic E-state index is -3.49. The van der Waals surface area contributed by atoms with E-state index in [0.717, 1.165) is 11.8 Å². The van der Waals surface area contributed by atoms with Gasteiger partial charge in [0.25, 0.3) is 15.7 Å². The molecule has 35 heavy (non-hydrogen) atoms. The monoisotopic (exact) mass is 517 g/mol. The van der Waals surface area contributed by atoms with Gasteiger partial charge in [-0.2, -0.15) is 8.42 Å². The van der Waals surface area contributed by atoms with Gasteiger partial charge in [-0.3, -0.25) is 18.3 Å². The second-order valence-corrected chi connectivity index (χ2v) is 11.2. The molecule has 10 heteroatoms. The molecule has 0 aliphatic heterocycles. The van der Waals surface area contributed by atoms with E-state index in [2.05, 4.69) is 10.3 Å². The lowest BCUT2D eigenvalue weighted by Gasteiger charge is -2.21. The van der Waals surface area contributed by atoms with Crippen molar-refractivity contribution in [2.45, 2.75) is 39.3 Å². The van der Waals surface area contributed by atoms with Gasteiger partial charge in [0.2, 0.25) is 5.91 Å². The summed E-state index contributed by atoms with van der Waals surface area (Å²) in [4.78, 5) is 31.0. The number of rotatable bonds is 8. The number of nitrogens with one attached hydrogen (secondary N) is 1. The molecule has 0 aliphatic carbocycles. The highest BCUT2D eigenvalue weighted by atomic mass is 35.5. The van der Waals surface area contributed by atoms with Gasteiger partial charge in [0, 0.05) is 16.1 Å². The Morgan fingerprint density at radius 1 is 1.20 bits per heavy atom. The van der Waals surface area contributed by atoms with Gasteiger partial charge in [0.1, 0.15) is 12.4 Å². The Hall–Kier alpha value is -3.01. The lowest BCUT2D eigenvalue weighted by molar-refractivity contribution is -0.123. The standard InChI is InChI=1S/C25H28ClN3O5S/c1-25(2,3)28-22(30)16-29-23(18-9-7-10-19(26)15-18)27-21-12-11-17(14-20(21)24(29)31)8-5-6-13-34-35(4,32)33/h5,7-12,14-15H,6,13,16H2,1-4H3,(H,28,30)/b8-5+. The molecule has 1 N–H and O–H groups in total. The van der Waals surface area contributed by atoms with E-state index in [4.69, 9.17) is 15.8 Å². The maximum atomic E-state index is 13.5. The zero-order valence-corrected chi connectivity index (χ0v) is 21.6. The predicted molar refractivity (Wildman–Crippen MR) is 139 cm³/mol. The topological polar surface area (TPSA) is 107 Å². The van der Waals surface area contributed by atoms with Gasteiger partial charge in [0.15, 0.2) is 0 Å². The van der Waals surface area contributed by atoms with E-state index in [9.17, 15) is 18.0 Å². The normalized spacial score (nSPS) is 12.4. The molecule has 0 saturated heterocycles. The van der Waals surface area contributed by atoms with Crippen molar-refractivity contribution in [2.75, 3.05) is 12.9 Å². The lowest BCUT2D eigenvalue weighted by atomic mass is 10.1. The van der Waals surface area contributed by atoms with Crippen molar-refractivity contribution in [1.82, 2.24) is 14.9 Å². The number of halogens is 1. The van der Waals surface area contributed by atoms with Gasteiger partial charge in [-0.1, -0.05) is 42.0 Å². The third-order valence-corrected chi connectivity index (χ3v) is 5.60. The van der Waals surface area contributed by atoms with Crippen LogP contribution in [0.5, 0.6) is 0 Å². The summed E-state index contributed by atoms with van der Waals surface area (Å²) < 4.78 is 28.2. The number of amides is 1. The summed E-state index contributed by atoms with van der Waals surface area (Å²) in [6.07, 6.45) is 4.91. The highest BCUT2D eigenvalue weighted by Gasteiger charge is 2.19. The number of hydrogen-bond acceptors (Lipinski definition) is 6. The number of hydrogen-bond donors (Lipinski definition) is 1. The van der Waals surface area contributed by atoms with Crippen LogP contribution in [-0.2, 0) is 25.6 Å². The summed E-state index contributed by atoms with van der Waals surface area (Å²) in [5.41, 5.74) is 1.02. The number of benzene rings is 2. The molecular formula is C25H28ClN3O5S. The smallest absolute Gasteiger partial charge is 0.264 e. The molecule has 0 bridgehead atoms. The lowest BCUT2D eigenvalue weighted by Crippen LogP contribution is -2.43. The first-order valence-corrected chi connectivity index (χ1v) is 13.1. The van der Waals surface area contributed by atoms with Crippen LogP contribution in [0.15, 0.2) is 53.3 Å². The van der Waals surface area contributed by atoms with Crippen molar-refractivity contribution < 1.29 is 17.4 Å². The first-order chi connectivity index (χ1) is 16.3. The van der Waals surface area contributed by atoms with Crippen molar-refractivity contribution in [3.05, 3.63) is 69.5 Å². The highest BCUT2D eigenvalue weighted by molar-refractivity contribution is 7.85. The molecule has 3 rings (SSSR count). The maximum Gasteiger partial charge on any atom is 0.264 e. The van der Waals surface area contributed by atoms with E-state index < -0.39 is 15.7 Å². The highest BCUT2D eigenvalue weighted by Crippen LogP contribution is 2.23. The minimum absolute atomic E-state index is 0.0309. The summed E-state index contributed by atoms with van der Waals surface area (Å²) in [6, 6.07) is 12.2. The van der Waals surface area contributed by atoms with Crippen LogP contribution in [0.3, 0.4) is 0 Å². The van der Waals surface area contributed by atoms with Gasteiger partial charge >= 0.3 is 0 Å². The summed E-state index contributed by atoms with van der Waals surface area (Å²) in [7, 11) is -3.49. The minimum Gasteiger partial charge on any atom is -0.350 e. The molecule has 186 valence electrons. The van der Waals surface area contributed by atoms with E-state index in [1.54, 1.807) is 54.6 Å².